The number of anilines is 1. The van der Waals surface area contributed by atoms with E-state index in [9.17, 15) is 31.2 Å². The van der Waals surface area contributed by atoms with E-state index in [1.54, 1.807) is 11.9 Å². The van der Waals surface area contributed by atoms with Crippen molar-refractivity contribution in [3.63, 3.8) is 0 Å². The number of halogens is 3. The van der Waals surface area contributed by atoms with Crippen LogP contribution in [0.1, 0.15) is 47.7 Å². The zero-order valence-electron chi connectivity index (χ0n) is 23.7. The number of piperidine rings is 1. The van der Waals surface area contributed by atoms with Crippen LogP contribution in [0.5, 0.6) is 0 Å². The average Bonchev–Trinajstić information content (AvgIpc) is 3.55. The van der Waals surface area contributed by atoms with Crippen LogP contribution in [-0.2, 0) is 38.8 Å². The van der Waals surface area contributed by atoms with E-state index in [2.05, 4.69) is 20.5 Å². The van der Waals surface area contributed by atoms with Gasteiger partial charge in [-0.2, -0.15) is 13.2 Å². The third-order valence-electron chi connectivity index (χ3n) is 8.19. The number of nitrogens with zero attached hydrogens (tertiary/aromatic N) is 6. The first-order chi connectivity index (χ1) is 20.9. The molecule has 3 aliphatic heterocycles. The molecule has 3 aromatic rings. The fourth-order valence-electron chi connectivity index (χ4n) is 5.90. The lowest BCUT2D eigenvalue weighted by atomic mass is 10.0. The quantitative estimate of drug-likeness (QED) is 0.427. The summed E-state index contributed by atoms with van der Waals surface area (Å²) < 4.78 is 68.8. The zero-order valence-corrected chi connectivity index (χ0v) is 24.6. The predicted molar refractivity (Wildman–Crippen MR) is 152 cm³/mol. The maximum atomic E-state index is 13.4. The monoisotopic (exact) mass is 629 g/mol. The van der Waals surface area contributed by atoms with Crippen LogP contribution in [0.3, 0.4) is 0 Å². The summed E-state index contributed by atoms with van der Waals surface area (Å²) in [6, 6.07) is 7.08. The second-order valence-corrected chi connectivity index (χ2v) is 13.0. The molecule has 0 bridgehead atoms. The molecule has 232 valence electrons. The number of aromatic nitrogens is 3. The first kappa shape index (κ1) is 29.8. The van der Waals surface area contributed by atoms with Crippen molar-refractivity contribution in [3.8, 4) is 0 Å². The molecule has 0 saturated carbocycles. The second kappa shape index (κ2) is 11.4. The number of hydrogen-bond donors (Lipinski definition) is 1. The summed E-state index contributed by atoms with van der Waals surface area (Å²) in [7, 11) is -2.87. The van der Waals surface area contributed by atoms with Gasteiger partial charge in [0.2, 0.25) is 5.91 Å². The highest BCUT2D eigenvalue weighted by Crippen LogP contribution is 2.38. The van der Waals surface area contributed by atoms with Gasteiger partial charge in [0, 0.05) is 49.9 Å². The van der Waals surface area contributed by atoms with Gasteiger partial charge in [-0.3, -0.25) is 18.8 Å². The third-order valence-corrected chi connectivity index (χ3v) is 9.97. The topological polar surface area (TPSA) is 121 Å². The first-order valence-electron chi connectivity index (χ1n) is 14.1. The molecule has 4 heterocycles. The minimum Gasteiger partial charge on any atom is -0.329 e. The lowest BCUT2D eigenvalue weighted by molar-refractivity contribution is -0.137. The number of nitrogens with one attached hydrogen (secondary N) is 1. The van der Waals surface area contributed by atoms with Gasteiger partial charge in [-0.25, -0.2) is 13.1 Å². The number of rotatable bonds is 7. The van der Waals surface area contributed by atoms with Crippen molar-refractivity contribution in [1.82, 2.24) is 29.5 Å². The Morgan fingerprint density at radius 1 is 1.05 bits per heavy atom. The number of alkyl halides is 3. The maximum absolute atomic E-state index is 13.4. The van der Waals surface area contributed by atoms with Crippen molar-refractivity contribution in [2.75, 3.05) is 25.0 Å². The number of carbonyl (C=O) groups is 2. The SMILES string of the molecule is CN1C(=O)C(n2cc(CC3C(=O)NC=CN3S(=O)(=O)c3cccc(C(F)(F)F)c3)nn2)c2ccc(CN3CCCCC3)cc21. The smallest absolute Gasteiger partial charge is 0.329 e. The minimum atomic E-state index is -4.75. The number of fused-ring (bicyclic) bond motifs is 1. The van der Waals surface area contributed by atoms with E-state index in [4.69, 9.17) is 0 Å². The summed E-state index contributed by atoms with van der Waals surface area (Å²) in [6.07, 6.45) is 2.26. The van der Waals surface area contributed by atoms with E-state index in [1.807, 2.05) is 18.2 Å². The van der Waals surface area contributed by atoms with Gasteiger partial charge < -0.3 is 10.2 Å². The van der Waals surface area contributed by atoms with Crippen molar-refractivity contribution < 1.29 is 31.2 Å². The number of likely N-dealkylation sites (tertiary alicyclic amines) is 1. The fraction of sp³-hybridized carbons (Fsp3) is 0.379. The molecule has 2 aromatic carbocycles. The van der Waals surface area contributed by atoms with E-state index in [1.165, 1.54) is 30.1 Å². The number of sulfonamides is 1. The second-order valence-electron chi connectivity index (χ2n) is 11.1. The Labute approximate surface area is 252 Å². The summed E-state index contributed by atoms with van der Waals surface area (Å²) in [5, 5.41) is 10.7. The van der Waals surface area contributed by atoms with Gasteiger partial charge >= 0.3 is 6.18 Å². The van der Waals surface area contributed by atoms with Crippen LogP contribution in [0.2, 0.25) is 0 Å². The molecule has 0 spiro atoms. The van der Waals surface area contributed by atoms with Gasteiger partial charge in [0.25, 0.3) is 15.9 Å². The molecule has 2 atom stereocenters. The summed E-state index contributed by atoms with van der Waals surface area (Å²) in [6.45, 7) is 2.89. The lowest BCUT2D eigenvalue weighted by Crippen LogP contribution is -2.50. The average molecular weight is 630 g/mol. The number of carbonyl (C=O) groups excluding carboxylic acids is 2. The van der Waals surface area contributed by atoms with Gasteiger partial charge in [-0.1, -0.05) is 29.8 Å². The molecule has 1 saturated heterocycles. The fourth-order valence-corrected chi connectivity index (χ4v) is 7.40. The van der Waals surface area contributed by atoms with E-state index >= 15 is 0 Å². The van der Waals surface area contributed by atoms with Crippen LogP contribution < -0.4 is 10.2 Å². The highest BCUT2D eigenvalue weighted by Gasteiger charge is 2.40. The Kier molecular flexibility index (Phi) is 7.70. The normalized spacial score (nSPS) is 21.1. The molecular formula is C29H30F3N7O4S. The number of benzene rings is 2. The molecule has 0 aliphatic carbocycles. The summed E-state index contributed by atoms with van der Waals surface area (Å²) in [4.78, 5) is 29.5. The largest absolute Gasteiger partial charge is 0.416 e. The molecule has 11 nitrogen and oxygen atoms in total. The zero-order chi connectivity index (χ0) is 31.2. The molecule has 6 rings (SSSR count). The van der Waals surface area contributed by atoms with E-state index < -0.39 is 44.6 Å². The van der Waals surface area contributed by atoms with Crippen molar-refractivity contribution >= 4 is 27.5 Å². The van der Waals surface area contributed by atoms with Crippen LogP contribution >= 0.6 is 0 Å². The van der Waals surface area contributed by atoms with E-state index in [0.29, 0.717) is 10.4 Å². The first-order valence-corrected chi connectivity index (χ1v) is 15.6. The molecular weight excluding hydrogens is 599 g/mol. The summed E-state index contributed by atoms with van der Waals surface area (Å²) in [5.74, 6) is -0.917. The number of likely N-dealkylation sites (N-methyl/N-ethyl adjacent to an activating group) is 1. The molecule has 1 N–H and O–H groups in total. The van der Waals surface area contributed by atoms with Crippen molar-refractivity contribution in [1.29, 1.82) is 0 Å². The van der Waals surface area contributed by atoms with Crippen LogP contribution in [0.4, 0.5) is 18.9 Å². The molecule has 3 aliphatic rings. The molecule has 1 aromatic heterocycles. The Hall–Kier alpha value is -4.24. The molecule has 2 amide bonds. The standard InChI is InChI=1S/C29H30F3N7O4S/c1-36-24-14-19(17-37-11-3-2-4-12-37)8-9-23(24)26(28(36)41)38-18-21(34-35-38)16-25-27(40)33-10-13-39(25)44(42,43)22-7-5-6-20(15-22)29(30,31)32/h5-10,13-15,18,25-26H,2-4,11-12,16-17H2,1H3,(H,33,40). The molecule has 0 radical (unpaired) electrons. The van der Waals surface area contributed by atoms with Crippen LogP contribution in [0, 0.1) is 0 Å². The van der Waals surface area contributed by atoms with Gasteiger partial charge in [-0.05, 0) is 55.8 Å². The highest BCUT2D eigenvalue weighted by molar-refractivity contribution is 7.89. The van der Waals surface area contributed by atoms with E-state index in [-0.39, 0.29) is 18.0 Å². The predicted octanol–water partition coefficient (Wildman–Crippen LogP) is 3.05. The van der Waals surface area contributed by atoms with Crippen molar-refractivity contribution in [2.45, 2.75) is 55.4 Å². The minimum absolute atomic E-state index is 0.218. The maximum Gasteiger partial charge on any atom is 0.416 e. The van der Waals surface area contributed by atoms with Crippen LogP contribution in [0.25, 0.3) is 0 Å². The summed E-state index contributed by atoms with van der Waals surface area (Å²) >= 11 is 0. The molecule has 15 heteroatoms. The number of amides is 2. The van der Waals surface area contributed by atoms with Crippen LogP contribution in [-0.4, -0.2) is 70.6 Å². The lowest BCUT2D eigenvalue weighted by Gasteiger charge is -2.31. The van der Waals surface area contributed by atoms with Gasteiger partial charge in [-0.15, -0.1) is 5.10 Å². The Balaban J connectivity index is 1.24. The Morgan fingerprint density at radius 3 is 2.57 bits per heavy atom. The highest BCUT2D eigenvalue weighted by atomic mass is 32.2. The molecule has 44 heavy (non-hydrogen) atoms. The van der Waals surface area contributed by atoms with Crippen molar-refractivity contribution in [3.05, 3.63) is 83.4 Å². The van der Waals surface area contributed by atoms with E-state index in [0.717, 1.165) is 67.0 Å². The Bertz CT molecular complexity index is 1730. The van der Waals surface area contributed by atoms with Gasteiger partial charge in [0.05, 0.1) is 16.2 Å². The van der Waals surface area contributed by atoms with Gasteiger partial charge in [0.1, 0.15) is 6.04 Å². The third kappa shape index (κ3) is 5.56. The number of hydrogen-bond acceptors (Lipinski definition) is 7. The molecule has 1 fully saturated rings. The Morgan fingerprint density at radius 2 is 1.82 bits per heavy atom. The molecule has 2 unspecified atom stereocenters. The summed E-state index contributed by atoms with van der Waals surface area (Å²) in [5.41, 5.74) is 1.69. The van der Waals surface area contributed by atoms with Crippen LogP contribution in [0.15, 0.2) is 66.0 Å². The van der Waals surface area contributed by atoms with Crippen molar-refractivity contribution in [2.24, 2.45) is 0 Å². The van der Waals surface area contributed by atoms with Gasteiger partial charge in [0.15, 0.2) is 6.04 Å².